The Labute approximate surface area is 141 Å². The van der Waals surface area contributed by atoms with Gasteiger partial charge in [0.15, 0.2) is 11.6 Å². The molecule has 0 amide bonds. The number of hydrogen-bond donors (Lipinski definition) is 1. The Hall–Kier alpha value is -2.12. The van der Waals surface area contributed by atoms with Gasteiger partial charge in [-0.1, -0.05) is 12.1 Å². The lowest BCUT2D eigenvalue weighted by Gasteiger charge is -2.15. The molecule has 2 aromatic carbocycles. The van der Waals surface area contributed by atoms with Crippen LogP contribution in [0.5, 0.6) is 11.5 Å². The third kappa shape index (κ3) is 4.24. The van der Waals surface area contributed by atoms with Crippen LogP contribution in [0, 0.1) is 5.82 Å². The molecule has 0 bridgehead atoms. The van der Waals surface area contributed by atoms with Crippen LogP contribution in [0.15, 0.2) is 47.4 Å². The van der Waals surface area contributed by atoms with Crippen molar-refractivity contribution in [2.45, 2.75) is 24.8 Å². The zero-order chi connectivity index (χ0) is 17.7. The zero-order valence-corrected chi connectivity index (χ0v) is 14.6. The first-order chi connectivity index (χ1) is 11.4. The second-order valence-corrected chi connectivity index (χ2v) is 6.86. The van der Waals surface area contributed by atoms with Gasteiger partial charge in [0, 0.05) is 6.04 Å². The maximum absolute atomic E-state index is 13.7. The SMILES string of the molecule is CCOc1ccc(C(C)NS(=O)(=O)c2ccc(OC)c(F)c2)cc1. The second-order valence-electron chi connectivity index (χ2n) is 5.14. The molecule has 0 saturated heterocycles. The molecule has 0 heterocycles. The van der Waals surface area contributed by atoms with Crippen LogP contribution in [0.4, 0.5) is 4.39 Å². The first-order valence-corrected chi connectivity index (χ1v) is 8.94. The Bertz CT molecular complexity index is 791. The van der Waals surface area contributed by atoms with E-state index in [0.717, 1.165) is 11.6 Å². The van der Waals surface area contributed by atoms with Crippen molar-refractivity contribution in [1.29, 1.82) is 0 Å². The number of hydrogen-bond acceptors (Lipinski definition) is 4. The van der Waals surface area contributed by atoms with Crippen molar-refractivity contribution in [2.75, 3.05) is 13.7 Å². The fourth-order valence-corrected chi connectivity index (χ4v) is 3.45. The normalized spacial score (nSPS) is 12.7. The van der Waals surface area contributed by atoms with Crippen LogP contribution in [0.1, 0.15) is 25.5 Å². The van der Waals surface area contributed by atoms with Crippen LogP contribution in [0.2, 0.25) is 0 Å². The molecule has 0 saturated carbocycles. The van der Waals surface area contributed by atoms with Gasteiger partial charge in [-0.3, -0.25) is 0 Å². The standard InChI is InChI=1S/C17H20FNO4S/c1-4-23-14-7-5-13(6-8-14)12(2)19-24(20,21)15-9-10-17(22-3)16(18)11-15/h5-12,19H,4H2,1-3H3. The minimum Gasteiger partial charge on any atom is -0.494 e. The molecule has 0 aliphatic carbocycles. The van der Waals surface area contributed by atoms with Gasteiger partial charge in [-0.05, 0) is 49.7 Å². The van der Waals surface area contributed by atoms with E-state index in [9.17, 15) is 12.8 Å². The van der Waals surface area contributed by atoms with Crippen molar-refractivity contribution in [1.82, 2.24) is 4.72 Å². The molecule has 1 unspecified atom stereocenters. The molecule has 0 aliphatic heterocycles. The first-order valence-electron chi connectivity index (χ1n) is 7.46. The van der Waals surface area contributed by atoms with Crippen molar-refractivity contribution in [3.63, 3.8) is 0 Å². The Balaban J connectivity index is 2.17. The number of halogens is 1. The summed E-state index contributed by atoms with van der Waals surface area (Å²) in [5.74, 6) is -0.0175. The third-order valence-electron chi connectivity index (χ3n) is 3.46. The lowest BCUT2D eigenvalue weighted by molar-refractivity contribution is 0.340. The number of nitrogens with one attached hydrogen (secondary N) is 1. The van der Waals surface area contributed by atoms with Gasteiger partial charge in [0.2, 0.25) is 10.0 Å². The molecule has 2 aromatic rings. The van der Waals surface area contributed by atoms with E-state index >= 15 is 0 Å². The summed E-state index contributed by atoms with van der Waals surface area (Å²) in [5, 5.41) is 0. The monoisotopic (exact) mass is 353 g/mol. The van der Waals surface area contributed by atoms with Gasteiger partial charge >= 0.3 is 0 Å². The molecule has 130 valence electrons. The maximum atomic E-state index is 13.7. The fourth-order valence-electron chi connectivity index (χ4n) is 2.20. The highest BCUT2D eigenvalue weighted by atomic mass is 32.2. The molecule has 7 heteroatoms. The first kappa shape index (κ1) is 18.2. The Morgan fingerprint density at radius 1 is 1.17 bits per heavy atom. The van der Waals surface area contributed by atoms with E-state index in [1.165, 1.54) is 19.2 Å². The highest BCUT2D eigenvalue weighted by Crippen LogP contribution is 2.23. The highest BCUT2D eigenvalue weighted by Gasteiger charge is 2.20. The molecule has 1 atom stereocenters. The maximum Gasteiger partial charge on any atom is 0.241 e. The summed E-state index contributed by atoms with van der Waals surface area (Å²) in [6.07, 6.45) is 0. The van der Waals surface area contributed by atoms with Crippen molar-refractivity contribution in [3.8, 4) is 11.5 Å². The summed E-state index contributed by atoms with van der Waals surface area (Å²) in [5.41, 5.74) is 0.774. The largest absolute Gasteiger partial charge is 0.494 e. The van der Waals surface area contributed by atoms with Crippen molar-refractivity contribution in [2.24, 2.45) is 0 Å². The third-order valence-corrected chi connectivity index (χ3v) is 4.99. The van der Waals surface area contributed by atoms with Gasteiger partial charge in [0.05, 0.1) is 18.6 Å². The van der Waals surface area contributed by atoms with E-state index in [0.29, 0.717) is 12.4 Å². The lowest BCUT2D eigenvalue weighted by Crippen LogP contribution is -2.27. The molecule has 0 aromatic heterocycles. The Morgan fingerprint density at radius 2 is 1.83 bits per heavy atom. The van der Waals surface area contributed by atoms with Crippen LogP contribution in [-0.4, -0.2) is 22.1 Å². The fraction of sp³-hybridized carbons (Fsp3) is 0.294. The minimum absolute atomic E-state index is 0.00601. The van der Waals surface area contributed by atoms with E-state index in [4.69, 9.17) is 9.47 Å². The molecule has 2 rings (SSSR count). The van der Waals surface area contributed by atoms with Crippen LogP contribution in [-0.2, 0) is 10.0 Å². The predicted molar refractivity (Wildman–Crippen MR) is 89.3 cm³/mol. The van der Waals surface area contributed by atoms with E-state index < -0.39 is 21.9 Å². The summed E-state index contributed by atoms with van der Waals surface area (Å²) in [7, 11) is -2.53. The lowest BCUT2D eigenvalue weighted by atomic mass is 10.1. The van der Waals surface area contributed by atoms with Gasteiger partial charge in [-0.15, -0.1) is 0 Å². The van der Waals surface area contributed by atoms with Gasteiger partial charge in [0.25, 0.3) is 0 Å². The van der Waals surface area contributed by atoms with Crippen LogP contribution in [0.25, 0.3) is 0 Å². The van der Waals surface area contributed by atoms with E-state index in [2.05, 4.69) is 4.72 Å². The average molecular weight is 353 g/mol. The summed E-state index contributed by atoms with van der Waals surface area (Å²) >= 11 is 0. The quantitative estimate of drug-likeness (QED) is 0.830. The van der Waals surface area contributed by atoms with Gasteiger partial charge in [-0.25, -0.2) is 17.5 Å². The molecule has 0 spiro atoms. The van der Waals surface area contributed by atoms with Gasteiger partial charge in [-0.2, -0.15) is 0 Å². The average Bonchev–Trinajstić information content (AvgIpc) is 2.55. The van der Waals surface area contributed by atoms with Gasteiger partial charge in [0.1, 0.15) is 5.75 Å². The number of ether oxygens (including phenoxy) is 2. The molecule has 24 heavy (non-hydrogen) atoms. The molecular formula is C17H20FNO4S. The molecule has 0 aliphatic rings. The minimum atomic E-state index is -3.85. The molecule has 0 fully saturated rings. The summed E-state index contributed by atoms with van der Waals surface area (Å²) in [6.45, 7) is 4.16. The van der Waals surface area contributed by atoms with Crippen molar-refractivity contribution in [3.05, 3.63) is 53.8 Å². The number of benzene rings is 2. The van der Waals surface area contributed by atoms with E-state index in [-0.39, 0.29) is 10.6 Å². The van der Waals surface area contributed by atoms with Gasteiger partial charge < -0.3 is 9.47 Å². The van der Waals surface area contributed by atoms with Crippen LogP contribution >= 0.6 is 0 Å². The number of rotatable bonds is 7. The van der Waals surface area contributed by atoms with E-state index in [1.54, 1.807) is 31.2 Å². The summed E-state index contributed by atoms with van der Waals surface area (Å²) in [4.78, 5) is -0.154. The Morgan fingerprint density at radius 3 is 2.38 bits per heavy atom. The topological polar surface area (TPSA) is 64.6 Å². The molecule has 1 N–H and O–H groups in total. The van der Waals surface area contributed by atoms with Crippen molar-refractivity contribution >= 4 is 10.0 Å². The Kier molecular flexibility index (Phi) is 5.80. The van der Waals surface area contributed by atoms with E-state index in [1.807, 2.05) is 6.92 Å². The van der Waals surface area contributed by atoms with Crippen molar-refractivity contribution < 1.29 is 22.3 Å². The van der Waals surface area contributed by atoms with Crippen LogP contribution in [0.3, 0.4) is 0 Å². The highest BCUT2D eigenvalue weighted by molar-refractivity contribution is 7.89. The molecular weight excluding hydrogens is 333 g/mol. The zero-order valence-electron chi connectivity index (χ0n) is 13.7. The number of methoxy groups -OCH3 is 1. The smallest absolute Gasteiger partial charge is 0.241 e. The van der Waals surface area contributed by atoms with Crippen LogP contribution < -0.4 is 14.2 Å². The summed E-state index contributed by atoms with van der Waals surface area (Å²) < 4.78 is 51.2. The predicted octanol–water partition coefficient (Wildman–Crippen LogP) is 3.27. The molecule has 5 nitrogen and oxygen atoms in total. The number of sulfonamides is 1. The second kappa shape index (κ2) is 7.63. The summed E-state index contributed by atoms with van der Waals surface area (Å²) in [6, 6.07) is 10.2. The molecule has 0 radical (unpaired) electrons.